The van der Waals surface area contributed by atoms with Gasteiger partial charge in [-0.2, -0.15) is 13.2 Å². The second-order valence-corrected chi connectivity index (χ2v) is 3.90. The van der Waals surface area contributed by atoms with E-state index in [-0.39, 0.29) is 5.56 Å². The van der Waals surface area contributed by atoms with Gasteiger partial charge in [-0.3, -0.25) is 9.78 Å². The van der Waals surface area contributed by atoms with E-state index in [9.17, 15) is 18.0 Å². The van der Waals surface area contributed by atoms with Gasteiger partial charge in [-0.25, -0.2) is 0 Å². The molecule has 0 radical (unpaired) electrons. The molecular formula is C12H15F3N2O2. The smallest absolute Gasteiger partial charge is 0.401 e. The third-order valence-corrected chi connectivity index (χ3v) is 2.12. The van der Waals surface area contributed by atoms with E-state index in [0.717, 1.165) is 6.42 Å². The fourth-order valence-electron chi connectivity index (χ4n) is 1.29. The summed E-state index contributed by atoms with van der Waals surface area (Å²) in [6.45, 7) is 0.839. The third-order valence-electron chi connectivity index (χ3n) is 2.12. The van der Waals surface area contributed by atoms with Gasteiger partial charge in [-0.05, 0) is 12.5 Å². The van der Waals surface area contributed by atoms with Gasteiger partial charge in [0.15, 0.2) is 5.78 Å². The van der Waals surface area contributed by atoms with E-state index >= 15 is 0 Å². The summed E-state index contributed by atoms with van der Waals surface area (Å²) in [6.07, 6.45) is -0.762. The Balaban J connectivity index is 2.52. The first-order valence-electron chi connectivity index (χ1n) is 5.81. The van der Waals surface area contributed by atoms with E-state index in [1.165, 1.54) is 18.5 Å². The Bertz CT molecular complexity index is 422. The summed E-state index contributed by atoms with van der Waals surface area (Å²) in [5.74, 6) is -0.0257. The fourth-order valence-corrected chi connectivity index (χ4v) is 1.29. The SMILES string of the molecule is CCCOc1cncc(C(=O)CNCC(F)(F)F)c1. The maximum absolute atomic E-state index is 11.9. The van der Waals surface area contributed by atoms with Crippen molar-refractivity contribution in [2.45, 2.75) is 19.5 Å². The zero-order valence-corrected chi connectivity index (χ0v) is 10.5. The fraction of sp³-hybridized carbons (Fsp3) is 0.500. The number of Topliss-reactive ketones (excluding diaryl/α,β-unsaturated/α-hetero) is 1. The standard InChI is InChI=1S/C12H15F3N2O2/c1-2-3-19-10-4-9(5-16-6-10)11(18)7-17-8-12(13,14)15/h4-6,17H,2-3,7-8H2,1H3. The van der Waals surface area contributed by atoms with Gasteiger partial charge in [-0.15, -0.1) is 0 Å². The van der Waals surface area contributed by atoms with Gasteiger partial charge in [-0.1, -0.05) is 6.92 Å². The van der Waals surface area contributed by atoms with Crippen LogP contribution in [0.3, 0.4) is 0 Å². The number of nitrogens with one attached hydrogen (secondary N) is 1. The van der Waals surface area contributed by atoms with E-state index in [1.54, 1.807) is 0 Å². The van der Waals surface area contributed by atoms with Crippen LogP contribution in [0, 0.1) is 0 Å². The number of hydrogen-bond acceptors (Lipinski definition) is 4. The number of hydrogen-bond donors (Lipinski definition) is 1. The molecule has 0 saturated heterocycles. The molecule has 0 spiro atoms. The number of ether oxygens (including phenoxy) is 1. The van der Waals surface area contributed by atoms with Gasteiger partial charge >= 0.3 is 6.18 Å². The lowest BCUT2D eigenvalue weighted by Crippen LogP contribution is -2.32. The Labute approximate surface area is 109 Å². The number of rotatable bonds is 7. The molecule has 0 amide bonds. The highest BCUT2D eigenvalue weighted by Gasteiger charge is 2.26. The van der Waals surface area contributed by atoms with Crippen molar-refractivity contribution >= 4 is 5.78 Å². The molecule has 0 aliphatic carbocycles. The highest BCUT2D eigenvalue weighted by atomic mass is 19.4. The second-order valence-electron chi connectivity index (χ2n) is 3.90. The Kier molecular flexibility index (Phi) is 5.75. The highest BCUT2D eigenvalue weighted by molar-refractivity contribution is 5.97. The van der Waals surface area contributed by atoms with E-state index in [2.05, 4.69) is 4.98 Å². The number of aromatic nitrogens is 1. The quantitative estimate of drug-likeness (QED) is 0.776. The largest absolute Gasteiger partial charge is 0.492 e. The number of carbonyl (C=O) groups excluding carboxylic acids is 1. The first-order chi connectivity index (χ1) is 8.92. The van der Waals surface area contributed by atoms with Gasteiger partial charge in [0.25, 0.3) is 0 Å². The van der Waals surface area contributed by atoms with E-state index in [4.69, 9.17) is 4.74 Å². The van der Waals surface area contributed by atoms with Crippen LogP contribution < -0.4 is 10.1 Å². The summed E-state index contributed by atoms with van der Waals surface area (Å²) in [6, 6.07) is 1.47. The summed E-state index contributed by atoms with van der Waals surface area (Å²) >= 11 is 0. The lowest BCUT2D eigenvalue weighted by atomic mass is 10.2. The maximum Gasteiger partial charge on any atom is 0.401 e. The van der Waals surface area contributed by atoms with Crippen molar-refractivity contribution in [1.29, 1.82) is 0 Å². The van der Waals surface area contributed by atoms with Crippen molar-refractivity contribution in [3.63, 3.8) is 0 Å². The van der Waals surface area contributed by atoms with Gasteiger partial charge in [0.05, 0.1) is 25.9 Å². The van der Waals surface area contributed by atoms with Gasteiger partial charge < -0.3 is 10.1 Å². The molecule has 7 heteroatoms. The summed E-state index contributed by atoms with van der Waals surface area (Å²) in [4.78, 5) is 15.5. The average molecular weight is 276 g/mol. The van der Waals surface area contributed by atoms with Crippen molar-refractivity contribution in [1.82, 2.24) is 10.3 Å². The molecule has 1 aromatic rings. The van der Waals surface area contributed by atoms with Crippen molar-refractivity contribution < 1.29 is 22.7 Å². The molecule has 1 rings (SSSR count). The van der Waals surface area contributed by atoms with Crippen LogP contribution in [0.1, 0.15) is 23.7 Å². The average Bonchev–Trinajstić information content (AvgIpc) is 2.35. The summed E-state index contributed by atoms with van der Waals surface area (Å²) in [5, 5.41) is 2.04. The van der Waals surface area contributed by atoms with Crippen LogP contribution in [-0.2, 0) is 0 Å². The Morgan fingerprint density at radius 2 is 2.16 bits per heavy atom. The molecule has 0 aliphatic heterocycles. The Morgan fingerprint density at radius 3 is 2.79 bits per heavy atom. The van der Waals surface area contributed by atoms with Gasteiger partial charge in [0, 0.05) is 11.8 Å². The lowest BCUT2D eigenvalue weighted by molar-refractivity contribution is -0.124. The molecule has 1 heterocycles. The number of halogens is 3. The first kappa shape index (κ1) is 15.4. The minimum atomic E-state index is -4.33. The van der Waals surface area contributed by atoms with Crippen molar-refractivity contribution in [2.75, 3.05) is 19.7 Å². The molecule has 19 heavy (non-hydrogen) atoms. The third kappa shape index (κ3) is 6.19. The molecule has 106 valence electrons. The van der Waals surface area contributed by atoms with Gasteiger partial charge in [0.1, 0.15) is 5.75 Å². The maximum atomic E-state index is 11.9. The molecule has 1 N–H and O–H groups in total. The van der Waals surface area contributed by atoms with Crippen LogP contribution in [0.15, 0.2) is 18.5 Å². The topological polar surface area (TPSA) is 51.2 Å². The molecule has 0 aliphatic rings. The minimum absolute atomic E-state index is 0.225. The molecule has 4 nitrogen and oxygen atoms in total. The molecule has 0 unspecified atom stereocenters. The number of carbonyl (C=O) groups is 1. The molecule has 1 aromatic heterocycles. The van der Waals surface area contributed by atoms with E-state index < -0.39 is 25.0 Å². The first-order valence-corrected chi connectivity index (χ1v) is 5.81. The van der Waals surface area contributed by atoms with Crippen LogP contribution in [-0.4, -0.2) is 36.6 Å². The van der Waals surface area contributed by atoms with Crippen molar-refractivity contribution in [2.24, 2.45) is 0 Å². The normalized spacial score (nSPS) is 11.4. The predicted molar refractivity (Wildman–Crippen MR) is 63.3 cm³/mol. The molecule has 0 saturated carbocycles. The molecule has 0 fully saturated rings. The van der Waals surface area contributed by atoms with Crippen LogP contribution >= 0.6 is 0 Å². The monoisotopic (exact) mass is 276 g/mol. The molecular weight excluding hydrogens is 261 g/mol. The van der Waals surface area contributed by atoms with Crippen LogP contribution in [0.2, 0.25) is 0 Å². The number of nitrogens with zero attached hydrogens (tertiary/aromatic N) is 1. The number of ketones is 1. The highest BCUT2D eigenvalue weighted by Crippen LogP contribution is 2.13. The predicted octanol–water partition coefficient (Wildman–Crippen LogP) is 2.21. The molecule has 0 bridgehead atoms. The number of alkyl halides is 3. The molecule has 0 aromatic carbocycles. The molecule has 0 atom stereocenters. The number of pyridine rings is 1. The Hall–Kier alpha value is -1.63. The van der Waals surface area contributed by atoms with Crippen LogP contribution in [0.25, 0.3) is 0 Å². The van der Waals surface area contributed by atoms with Crippen LogP contribution in [0.5, 0.6) is 5.75 Å². The van der Waals surface area contributed by atoms with E-state index in [1.807, 2.05) is 12.2 Å². The Morgan fingerprint density at radius 1 is 1.42 bits per heavy atom. The summed E-state index contributed by atoms with van der Waals surface area (Å²) < 4.78 is 41.0. The second kappa shape index (κ2) is 7.08. The zero-order chi connectivity index (χ0) is 14.3. The van der Waals surface area contributed by atoms with Crippen LogP contribution in [0.4, 0.5) is 13.2 Å². The summed E-state index contributed by atoms with van der Waals surface area (Å²) in [7, 11) is 0. The lowest BCUT2D eigenvalue weighted by Gasteiger charge is -2.08. The zero-order valence-electron chi connectivity index (χ0n) is 10.5. The van der Waals surface area contributed by atoms with Crippen molar-refractivity contribution in [3.8, 4) is 5.75 Å². The minimum Gasteiger partial charge on any atom is -0.492 e. The van der Waals surface area contributed by atoms with Crippen molar-refractivity contribution in [3.05, 3.63) is 24.0 Å². The summed E-state index contributed by atoms with van der Waals surface area (Å²) in [5.41, 5.74) is 0.225. The van der Waals surface area contributed by atoms with E-state index in [0.29, 0.717) is 12.4 Å². The van der Waals surface area contributed by atoms with Gasteiger partial charge in [0.2, 0.25) is 0 Å².